The summed E-state index contributed by atoms with van der Waals surface area (Å²) < 4.78 is 21.8. The van der Waals surface area contributed by atoms with E-state index in [1.165, 1.54) is 5.41 Å². The van der Waals surface area contributed by atoms with Crippen LogP contribution in [0.3, 0.4) is 0 Å². The Labute approximate surface area is 76.9 Å². The van der Waals surface area contributed by atoms with Gasteiger partial charge < -0.3 is 11.1 Å². The Morgan fingerprint density at radius 3 is 2.77 bits per heavy atom. The van der Waals surface area contributed by atoms with Gasteiger partial charge in [-0.05, 0) is 0 Å². The Morgan fingerprint density at radius 2 is 2.31 bits per heavy atom. The van der Waals surface area contributed by atoms with Crippen LogP contribution in [0.1, 0.15) is 6.42 Å². The molecule has 0 saturated carbocycles. The van der Waals surface area contributed by atoms with Crippen molar-refractivity contribution in [2.24, 2.45) is 5.73 Å². The molecule has 0 radical (unpaired) electrons. The van der Waals surface area contributed by atoms with Crippen molar-refractivity contribution in [1.82, 2.24) is 5.32 Å². The van der Waals surface area contributed by atoms with Gasteiger partial charge in [-0.1, -0.05) is 6.08 Å². The van der Waals surface area contributed by atoms with Gasteiger partial charge in [-0.2, -0.15) is 0 Å². The second kappa shape index (κ2) is 3.89. The molecular weight excluding hydrogens is 192 g/mol. The highest BCUT2D eigenvalue weighted by Crippen LogP contribution is 2.07. The molecule has 1 heterocycles. The Hall–Kier alpha value is -0.880. The van der Waals surface area contributed by atoms with Crippen LogP contribution in [0.5, 0.6) is 0 Å². The molecule has 0 saturated heterocycles. The van der Waals surface area contributed by atoms with E-state index in [0.717, 1.165) is 0 Å². The van der Waals surface area contributed by atoms with Crippen molar-refractivity contribution < 1.29 is 13.2 Å². The average Bonchev–Trinajstić information content (AvgIpc) is 2.29. The minimum atomic E-state index is -3.01. The molecule has 13 heavy (non-hydrogen) atoms. The predicted molar refractivity (Wildman–Crippen MR) is 48.5 cm³/mol. The van der Waals surface area contributed by atoms with Crippen LogP contribution in [-0.2, 0) is 14.6 Å². The van der Waals surface area contributed by atoms with E-state index >= 15 is 0 Å². The normalized spacial score (nSPS) is 24.8. The monoisotopic (exact) mass is 204 g/mol. The van der Waals surface area contributed by atoms with Crippen LogP contribution in [-0.4, -0.2) is 32.7 Å². The zero-order chi connectivity index (χ0) is 9.90. The first-order valence-corrected chi connectivity index (χ1v) is 5.64. The Balaban J connectivity index is 2.27. The van der Waals surface area contributed by atoms with Gasteiger partial charge in [-0.3, -0.25) is 4.79 Å². The maximum absolute atomic E-state index is 10.9. The van der Waals surface area contributed by atoms with Crippen LogP contribution in [0.15, 0.2) is 11.5 Å². The van der Waals surface area contributed by atoms with Crippen molar-refractivity contribution in [1.29, 1.82) is 0 Å². The molecule has 0 aromatic rings. The Morgan fingerprint density at radius 1 is 1.62 bits per heavy atom. The fourth-order valence-corrected chi connectivity index (χ4v) is 2.35. The molecule has 0 aliphatic carbocycles. The van der Waals surface area contributed by atoms with Crippen LogP contribution in [0, 0.1) is 0 Å². The number of primary amides is 1. The lowest BCUT2D eigenvalue weighted by Gasteiger charge is -2.07. The van der Waals surface area contributed by atoms with Gasteiger partial charge in [0, 0.05) is 24.4 Å². The zero-order valence-electron chi connectivity index (χ0n) is 7.06. The largest absolute Gasteiger partial charge is 0.370 e. The molecule has 0 fully saturated rings. The molecule has 1 aliphatic heterocycles. The van der Waals surface area contributed by atoms with E-state index in [1.54, 1.807) is 6.08 Å². The fraction of sp³-hybridized carbons (Fsp3) is 0.571. The molecule has 1 amide bonds. The van der Waals surface area contributed by atoms with Gasteiger partial charge in [0.2, 0.25) is 5.91 Å². The summed E-state index contributed by atoms with van der Waals surface area (Å²) in [7, 11) is -3.01. The summed E-state index contributed by atoms with van der Waals surface area (Å²) >= 11 is 0. The third-order valence-corrected chi connectivity index (χ3v) is 3.10. The van der Waals surface area contributed by atoms with Gasteiger partial charge in [-0.25, -0.2) is 8.42 Å². The number of nitrogens with two attached hydrogens (primary N) is 1. The quantitative estimate of drug-likeness (QED) is 0.599. The molecule has 0 aromatic heterocycles. The fourth-order valence-electron chi connectivity index (χ4n) is 1.08. The first kappa shape index (κ1) is 10.2. The van der Waals surface area contributed by atoms with Gasteiger partial charge in [0.15, 0.2) is 9.84 Å². The lowest BCUT2D eigenvalue weighted by molar-refractivity contribution is -0.117. The van der Waals surface area contributed by atoms with Crippen molar-refractivity contribution in [2.45, 2.75) is 12.5 Å². The standard InChI is InChI=1S/C7H12N2O3S/c8-7(10)1-3-9-6-2-4-13(11,12)5-6/h2,4,6,9H,1,3,5H2,(H2,8,10). The topological polar surface area (TPSA) is 89.3 Å². The highest BCUT2D eigenvalue weighted by molar-refractivity contribution is 7.94. The van der Waals surface area contributed by atoms with Crippen LogP contribution in [0.4, 0.5) is 0 Å². The number of amides is 1. The number of rotatable bonds is 4. The number of hydrogen-bond acceptors (Lipinski definition) is 4. The predicted octanol–water partition coefficient (Wildman–Crippen LogP) is -1.24. The first-order chi connectivity index (χ1) is 5.99. The molecule has 1 aliphatic rings. The molecule has 0 aromatic carbocycles. The van der Waals surface area contributed by atoms with Crippen molar-refractivity contribution >= 4 is 15.7 Å². The van der Waals surface area contributed by atoms with Crippen molar-refractivity contribution in [2.75, 3.05) is 12.3 Å². The minimum Gasteiger partial charge on any atom is -0.370 e. The van der Waals surface area contributed by atoms with E-state index < -0.39 is 15.7 Å². The Bertz CT molecular complexity index is 321. The molecule has 1 rings (SSSR count). The van der Waals surface area contributed by atoms with E-state index in [0.29, 0.717) is 6.54 Å². The lowest BCUT2D eigenvalue weighted by Crippen LogP contribution is -2.32. The minimum absolute atomic E-state index is 0.0752. The molecular formula is C7H12N2O3S. The second-order valence-electron chi connectivity index (χ2n) is 2.93. The van der Waals surface area contributed by atoms with Gasteiger partial charge in [-0.15, -0.1) is 0 Å². The molecule has 0 bridgehead atoms. The average molecular weight is 204 g/mol. The Kier molecular flexibility index (Phi) is 3.05. The molecule has 3 N–H and O–H groups in total. The van der Waals surface area contributed by atoms with E-state index in [-0.39, 0.29) is 18.2 Å². The van der Waals surface area contributed by atoms with E-state index in [4.69, 9.17) is 5.73 Å². The lowest BCUT2D eigenvalue weighted by atomic mass is 10.3. The highest BCUT2D eigenvalue weighted by atomic mass is 32.2. The third-order valence-electron chi connectivity index (χ3n) is 1.71. The van der Waals surface area contributed by atoms with E-state index in [1.807, 2.05) is 0 Å². The molecule has 1 atom stereocenters. The summed E-state index contributed by atoms with van der Waals surface area (Å²) in [6.45, 7) is 0.417. The van der Waals surface area contributed by atoms with E-state index in [2.05, 4.69) is 5.32 Å². The summed E-state index contributed by atoms with van der Waals surface area (Å²) in [6, 6.07) is -0.177. The summed E-state index contributed by atoms with van der Waals surface area (Å²) in [6.07, 6.45) is 1.81. The highest BCUT2D eigenvalue weighted by Gasteiger charge is 2.20. The summed E-state index contributed by atoms with van der Waals surface area (Å²) in [5, 5.41) is 4.09. The van der Waals surface area contributed by atoms with Crippen molar-refractivity contribution in [3.8, 4) is 0 Å². The maximum Gasteiger partial charge on any atom is 0.218 e. The number of carbonyl (C=O) groups excluding carboxylic acids is 1. The van der Waals surface area contributed by atoms with Crippen LogP contribution >= 0.6 is 0 Å². The number of carbonyl (C=O) groups is 1. The van der Waals surface area contributed by atoms with Crippen LogP contribution in [0.25, 0.3) is 0 Å². The SMILES string of the molecule is NC(=O)CCNC1C=CS(=O)(=O)C1. The molecule has 6 heteroatoms. The molecule has 5 nitrogen and oxygen atoms in total. The second-order valence-corrected chi connectivity index (χ2v) is 4.87. The number of hydrogen-bond donors (Lipinski definition) is 2. The van der Waals surface area contributed by atoms with Gasteiger partial charge in [0.05, 0.1) is 5.75 Å². The van der Waals surface area contributed by atoms with Crippen molar-refractivity contribution in [3.05, 3.63) is 11.5 Å². The summed E-state index contributed by atoms with van der Waals surface area (Å²) in [5.74, 6) is -0.316. The van der Waals surface area contributed by atoms with Gasteiger partial charge in [0.25, 0.3) is 0 Å². The van der Waals surface area contributed by atoms with Crippen LogP contribution in [0.2, 0.25) is 0 Å². The number of nitrogens with one attached hydrogen (secondary N) is 1. The van der Waals surface area contributed by atoms with Gasteiger partial charge in [0.1, 0.15) is 0 Å². The number of sulfone groups is 1. The van der Waals surface area contributed by atoms with Crippen LogP contribution < -0.4 is 11.1 Å². The maximum atomic E-state index is 10.9. The zero-order valence-corrected chi connectivity index (χ0v) is 7.88. The first-order valence-electron chi connectivity index (χ1n) is 3.92. The summed E-state index contributed by atoms with van der Waals surface area (Å²) in [4.78, 5) is 10.3. The smallest absolute Gasteiger partial charge is 0.218 e. The summed E-state index contributed by atoms with van der Waals surface area (Å²) in [5.41, 5.74) is 4.92. The van der Waals surface area contributed by atoms with E-state index in [9.17, 15) is 13.2 Å². The molecule has 1 unspecified atom stereocenters. The van der Waals surface area contributed by atoms with Gasteiger partial charge >= 0.3 is 0 Å². The van der Waals surface area contributed by atoms with Crippen molar-refractivity contribution in [3.63, 3.8) is 0 Å². The third kappa shape index (κ3) is 3.56. The molecule has 74 valence electrons. The molecule has 0 spiro atoms.